The number of anilines is 1. The van der Waals surface area contributed by atoms with E-state index in [0.717, 1.165) is 30.6 Å². The van der Waals surface area contributed by atoms with E-state index in [-0.39, 0.29) is 10.6 Å². The summed E-state index contributed by atoms with van der Waals surface area (Å²) >= 11 is 1.03. The summed E-state index contributed by atoms with van der Waals surface area (Å²) in [4.78, 5) is 37.0. The van der Waals surface area contributed by atoms with Crippen molar-refractivity contribution in [2.45, 2.75) is 50.7 Å². The lowest BCUT2D eigenvalue weighted by Crippen LogP contribution is -2.52. The number of nitriles is 1. The van der Waals surface area contributed by atoms with Gasteiger partial charge in [-0.3, -0.25) is 9.59 Å². The normalized spacial score (nSPS) is 16.3. The fraction of sp³-hybridized carbons (Fsp3) is 0.400. The van der Waals surface area contributed by atoms with Crippen LogP contribution in [0.3, 0.4) is 0 Å². The Morgan fingerprint density at radius 1 is 1.24 bits per heavy atom. The van der Waals surface area contributed by atoms with Crippen LogP contribution < -0.4 is 10.6 Å². The zero-order chi connectivity index (χ0) is 20.9. The monoisotopic (exact) mass is 415 g/mol. The van der Waals surface area contributed by atoms with Crippen LogP contribution in [0.4, 0.5) is 5.00 Å². The highest BCUT2D eigenvalue weighted by atomic mass is 32.1. The van der Waals surface area contributed by atoms with E-state index in [1.54, 1.807) is 12.1 Å². The van der Waals surface area contributed by atoms with Crippen molar-refractivity contribution in [2.24, 2.45) is 0 Å². The maximum atomic E-state index is 12.4. The van der Waals surface area contributed by atoms with E-state index in [0.29, 0.717) is 17.8 Å². The lowest BCUT2D eigenvalue weighted by Gasteiger charge is -2.32. The van der Waals surface area contributed by atoms with E-state index < -0.39 is 29.4 Å². The van der Waals surface area contributed by atoms with E-state index in [4.69, 9.17) is 9.15 Å². The predicted molar refractivity (Wildman–Crippen MR) is 105 cm³/mol. The molecule has 29 heavy (non-hydrogen) atoms. The molecule has 1 fully saturated rings. The van der Waals surface area contributed by atoms with Crippen molar-refractivity contribution < 1.29 is 23.5 Å². The van der Waals surface area contributed by atoms with Gasteiger partial charge in [0, 0.05) is 0 Å². The molecule has 1 atom stereocenters. The molecule has 0 aromatic carbocycles. The van der Waals surface area contributed by atoms with Gasteiger partial charge in [0.2, 0.25) is 0 Å². The van der Waals surface area contributed by atoms with Gasteiger partial charge in [0.25, 0.3) is 11.8 Å². The largest absolute Gasteiger partial charge is 0.459 e. The molecule has 152 valence electrons. The number of esters is 1. The number of ether oxygens (including phenoxy) is 1. The van der Waals surface area contributed by atoms with Gasteiger partial charge in [-0.25, -0.2) is 4.79 Å². The van der Waals surface area contributed by atoms with Gasteiger partial charge in [-0.05, 0) is 44.0 Å². The number of furan rings is 1. The lowest BCUT2D eigenvalue weighted by atomic mass is 9.83. The van der Waals surface area contributed by atoms with Crippen LogP contribution in [-0.2, 0) is 9.53 Å². The smallest absolute Gasteiger partial charge is 0.349 e. The third kappa shape index (κ3) is 5.03. The second-order valence-electron chi connectivity index (χ2n) is 6.89. The maximum Gasteiger partial charge on any atom is 0.349 e. The number of nitrogens with one attached hydrogen (secondary N) is 2. The third-order valence-corrected chi connectivity index (χ3v) is 5.71. The summed E-state index contributed by atoms with van der Waals surface area (Å²) in [6, 6.07) is 8.41. The van der Waals surface area contributed by atoms with Gasteiger partial charge in [-0.1, -0.05) is 19.3 Å². The zero-order valence-electron chi connectivity index (χ0n) is 15.9. The van der Waals surface area contributed by atoms with Crippen molar-refractivity contribution in [3.05, 3.63) is 41.2 Å². The van der Waals surface area contributed by atoms with E-state index in [1.807, 2.05) is 0 Å². The molecule has 1 aliphatic rings. The average Bonchev–Trinajstić information content (AvgIpc) is 3.41. The summed E-state index contributed by atoms with van der Waals surface area (Å²) < 4.78 is 10.3. The summed E-state index contributed by atoms with van der Waals surface area (Å²) in [6.07, 6.45) is 4.34. The van der Waals surface area contributed by atoms with Crippen LogP contribution in [-0.4, -0.2) is 29.4 Å². The summed E-state index contributed by atoms with van der Waals surface area (Å²) in [5.74, 6) is -1.45. The Balaban J connectivity index is 1.55. The number of rotatable bonds is 6. The number of carbonyl (C=O) groups excluding carboxylic acids is 3. The molecule has 9 heteroatoms. The van der Waals surface area contributed by atoms with E-state index in [9.17, 15) is 19.6 Å². The summed E-state index contributed by atoms with van der Waals surface area (Å²) in [5.41, 5.74) is -0.887. The standard InChI is InChI=1S/C20H21N3O5S/c1-13(17(24)23-20(12-21)9-3-2-4-10-20)28-19(26)15-7-8-16(29-15)22-18(25)14-6-5-11-27-14/h5-8,11,13H,2-4,9-10H2,1H3,(H,22,25)(H,23,24). The van der Waals surface area contributed by atoms with Crippen LogP contribution in [0, 0.1) is 11.3 Å². The van der Waals surface area contributed by atoms with Crippen LogP contribution in [0.15, 0.2) is 34.9 Å². The molecule has 0 aliphatic heterocycles. The Bertz CT molecular complexity index is 922. The minimum atomic E-state index is -1.04. The molecule has 2 amide bonds. The van der Waals surface area contributed by atoms with Gasteiger partial charge in [-0.2, -0.15) is 5.26 Å². The highest BCUT2D eigenvalue weighted by molar-refractivity contribution is 7.18. The molecule has 0 bridgehead atoms. The quantitative estimate of drug-likeness (QED) is 0.697. The van der Waals surface area contributed by atoms with Gasteiger partial charge in [0.05, 0.1) is 17.3 Å². The first kappa shape index (κ1) is 20.6. The Morgan fingerprint density at radius 2 is 2.00 bits per heavy atom. The molecule has 2 aromatic rings. The SMILES string of the molecule is CC(OC(=O)c1ccc(NC(=O)c2ccco2)s1)C(=O)NC1(C#N)CCCCC1. The molecule has 0 saturated heterocycles. The average molecular weight is 415 g/mol. The van der Waals surface area contributed by atoms with Crippen LogP contribution in [0.1, 0.15) is 59.3 Å². The highest BCUT2D eigenvalue weighted by Crippen LogP contribution is 2.28. The molecule has 0 radical (unpaired) electrons. The van der Waals surface area contributed by atoms with Crippen molar-refractivity contribution in [3.8, 4) is 6.07 Å². The van der Waals surface area contributed by atoms with E-state index in [1.165, 1.54) is 25.3 Å². The molecular weight excluding hydrogens is 394 g/mol. The molecule has 8 nitrogen and oxygen atoms in total. The van der Waals surface area contributed by atoms with Gasteiger partial charge in [0.1, 0.15) is 10.4 Å². The van der Waals surface area contributed by atoms with Crippen LogP contribution in [0.25, 0.3) is 0 Å². The third-order valence-electron chi connectivity index (χ3n) is 4.73. The van der Waals surface area contributed by atoms with Gasteiger partial charge in [0.15, 0.2) is 11.9 Å². The first-order valence-corrected chi connectivity index (χ1v) is 10.1. The van der Waals surface area contributed by atoms with Crippen LogP contribution >= 0.6 is 11.3 Å². The molecule has 2 N–H and O–H groups in total. The second-order valence-corrected chi connectivity index (χ2v) is 7.97. The number of thiophene rings is 1. The molecule has 1 unspecified atom stereocenters. The van der Waals surface area contributed by atoms with Gasteiger partial charge < -0.3 is 19.8 Å². The zero-order valence-corrected chi connectivity index (χ0v) is 16.7. The molecule has 0 spiro atoms. The van der Waals surface area contributed by atoms with Crippen LogP contribution in [0.5, 0.6) is 0 Å². The van der Waals surface area contributed by atoms with Gasteiger partial charge in [-0.15, -0.1) is 11.3 Å². The lowest BCUT2D eigenvalue weighted by molar-refractivity contribution is -0.130. The fourth-order valence-corrected chi connectivity index (χ4v) is 3.91. The first-order chi connectivity index (χ1) is 13.9. The van der Waals surface area contributed by atoms with Crippen molar-refractivity contribution in [1.29, 1.82) is 5.26 Å². The Hall–Kier alpha value is -3.12. The minimum absolute atomic E-state index is 0.155. The second kappa shape index (κ2) is 8.92. The molecular formula is C20H21N3O5S. The van der Waals surface area contributed by atoms with E-state index >= 15 is 0 Å². The summed E-state index contributed by atoms with van der Waals surface area (Å²) in [5, 5.41) is 15.3. The Morgan fingerprint density at radius 3 is 2.66 bits per heavy atom. The van der Waals surface area contributed by atoms with Crippen molar-refractivity contribution in [2.75, 3.05) is 5.32 Å². The Kier molecular flexibility index (Phi) is 6.34. The van der Waals surface area contributed by atoms with Crippen molar-refractivity contribution in [1.82, 2.24) is 5.32 Å². The molecule has 3 rings (SSSR count). The number of hydrogen-bond acceptors (Lipinski definition) is 7. The maximum absolute atomic E-state index is 12.4. The molecule has 1 aliphatic carbocycles. The summed E-state index contributed by atoms with van der Waals surface area (Å²) in [7, 11) is 0. The van der Waals surface area contributed by atoms with Crippen molar-refractivity contribution in [3.63, 3.8) is 0 Å². The highest BCUT2D eigenvalue weighted by Gasteiger charge is 2.35. The van der Waals surface area contributed by atoms with E-state index in [2.05, 4.69) is 16.7 Å². The van der Waals surface area contributed by atoms with Crippen LogP contribution in [0.2, 0.25) is 0 Å². The molecule has 1 saturated carbocycles. The van der Waals surface area contributed by atoms with Crippen molar-refractivity contribution >= 4 is 34.1 Å². The number of carbonyl (C=O) groups is 3. The topological polar surface area (TPSA) is 121 Å². The first-order valence-electron chi connectivity index (χ1n) is 9.31. The fourth-order valence-electron chi connectivity index (χ4n) is 3.13. The van der Waals surface area contributed by atoms with Gasteiger partial charge >= 0.3 is 5.97 Å². The minimum Gasteiger partial charge on any atom is -0.459 e. The molecule has 2 heterocycles. The molecule has 2 aromatic heterocycles. The number of nitrogens with zero attached hydrogens (tertiary/aromatic N) is 1. The Labute approximate surface area is 171 Å². The predicted octanol–water partition coefficient (Wildman–Crippen LogP) is 3.48. The number of hydrogen-bond donors (Lipinski definition) is 2. The number of amides is 2. The summed E-state index contributed by atoms with van der Waals surface area (Å²) in [6.45, 7) is 1.47.